The maximum atomic E-state index is 11.4. The van der Waals surface area contributed by atoms with Crippen molar-refractivity contribution in [3.05, 3.63) is 0 Å². The van der Waals surface area contributed by atoms with E-state index in [4.69, 9.17) is 5.26 Å². The maximum absolute atomic E-state index is 11.4. The van der Waals surface area contributed by atoms with Gasteiger partial charge in [-0.3, -0.25) is 10.1 Å². The molecule has 0 aromatic carbocycles. The van der Waals surface area contributed by atoms with E-state index in [-0.39, 0.29) is 5.91 Å². The van der Waals surface area contributed by atoms with Gasteiger partial charge < -0.3 is 5.32 Å². The first-order chi connectivity index (χ1) is 8.58. The fourth-order valence-corrected chi connectivity index (χ4v) is 2.33. The van der Waals surface area contributed by atoms with Crippen LogP contribution in [-0.4, -0.2) is 36.0 Å². The van der Waals surface area contributed by atoms with Crippen LogP contribution in [0.5, 0.6) is 0 Å². The van der Waals surface area contributed by atoms with Crippen LogP contribution >= 0.6 is 11.8 Å². The maximum Gasteiger partial charge on any atom is 0.229 e. The average Bonchev–Trinajstić information content (AvgIpc) is 2.39. The Labute approximate surface area is 115 Å². The molecule has 0 radical (unpaired) electrons. The van der Waals surface area contributed by atoms with Crippen molar-refractivity contribution in [2.24, 2.45) is 0 Å². The van der Waals surface area contributed by atoms with E-state index in [9.17, 15) is 4.79 Å². The molecule has 0 aliphatic rings. The molecule has 0 aliphatic carbocycles. The summed E-state index contributed by atoms with van der Waals surface area (Å²) in [5.41, 5.74) is -0.469. The topological polar surface area (TPSA) is 64.9 Å². The molecular weight excluding hydrogens is 246 g/mol. The van der Waals surface area contributed by atoms with Crippen molar-refractivity contribution in [2.45, 2.75) is 45.6 Å². The summed E-state index contributed by atoms with van der Waals surface area (Å²) in [7, 11) is 0. The highest BCUT2D eigenvalue weighted by molar-refractivity contribution is 7.99. The average molecular weight is 271 g/mol. The van der Waals surface area contributed by atoms with Crippen molar-refractivity contribution in [3.8, 4) is 6.07 Å². The van der Waals surface area contributed by atoms with Gasteiger partial charge in [0.25, 0.3) is 0 Å². The highest BCUT2D eigenvalue weighted by atomic mass is 32.2. The van der Waals surface area contributed by atoms with Crippen LogP contribution in [-0.2, 0) is 4.79 Å². The Morgan fingerprint density at radius 1 is 1.33 bits per heavy atom. The molecule has 1 amide bonds. The predicted octanol–water partition coefficient (Wildman–Crippen LogP) is 1.92. The monoisotopic (exact) mass is 271 g/mol. The normalized spacial score (nSPS) is 13.7. The van der Waals surface area contributed by atoms with Gasteiger partial charge in [0.2, 0.25) is 5.91 Å². The molecule has 0 aromatic rings. The van der Waals surface area contributed by atoms with E-state index in [0.717, 1.165) is 38.1 Å². The molecule has 1 unspecified atom stereocenters. The van der Waals surface area contributed by atoms with Gasteiger partial charge in [0, 0.05) is 6.54 Å². The molecule has 0 bridgehead atoms. The molecular formula is C13H25N3OS. The first-order valence-corrected chi connectivity index (χ1v) is 7.74. The van der Waals surface area contributed by atoms with Crippen LogP contribution in [0.4, 0.5) is 0 Å². The number of nitrogens with one attached hydrogen (secondary N) is 2. The van der Waals surface area contributed by atoms with Crippen LogP contribution < -0.4 is 10.6 Å². The fraction of sp³-hybridized carbons (Fsp3) is 0.846. The third-order valence-electron chi connectivity index (χ3n) is 2.56. The van der Waals surface area contributed by atoms with E-state index in [0.29, 0.717) is 5.75 Å². The van der Waals surface area contributed by atoms with Crippen molar-refractivity contribution in [3.63, 3.8) is 0 Å². The van der Waals surface area contributed by atoms with E-state index >= 15 is 0 Å². The van der Waals surface area contributed by atoms with E-state index in [1.54, 1.807) is 11.8 Å². The Kier molecular flexibility index (Phi) is 9.80. The molecule has 1 atom stereocenters. The summed E-state index contributed by atoms with van der Waals surface area (Å²) >= 11 is 1.58. The van der Waals surface area contributed by atoms with Gasteiger partial charge in [0.15, 0.2) is 0 Å². The van der Waals surface area contributed by atoms with Crippen LogP contribution in [0.15, 0.2) is 0 Å². The number of carbonyl (C=O) groups is 1. The Bertz CT molecular complexity index is 278. The van der Waals surface area contributed by atoms with Crippen molar-refractivity contribution in [2.75, 3.05) is 24.6 Å². The van der Waals surface area contributed by atoms with Crippen LogP contribution in [0.1, 0.15) is 40.0 Å². The van der Waals surface area contributed by atoms with Gasteiger partial charge in [-0.05, 0) is 38.5 Å². The summed E-state index contributed by atoms with van der Waals surface area (Å²) < 4.78 is 0. The number of carbonyl (C=O) groups excluding carboxylic acids is 1. The number of hydrogen-bond acceptors (Lipinski definition) is 4. The Balaban J connectivity index is 3.74. The van der Waals surface area contributed by atoms with Gasteiger partial charge in [-0.25, -0.2) is 0 Å². The third kappa shape index (κ3) is 8.37. The zero-order valence-electron chi connectivity index (χ0n) is 11.7. The largest absolute Gasteiger partial charge is 0.355 e. The lowest BCUT2D eigenvalue weighted by Crippen LogP contribution is -2.41. The van der Waals surface area contributed by atoms with E-state index in [1.807, 2.05) is 13.8 Å². The molecule has 0 heterocycles. The van der Waals surface area contributed by atoms with Gasteiger partial charge >= 0.3 is 0 Å². The molecule has 0 aliphatic heterocycles. The molecule has 4 nitrogen and oxygen atoms in total. The first-order valence-electron chi connectivity index (χ1n) is 6.58. The molecule has 0 aromatic heterocycles. The van der Waals surface area contributed by atoms with Gasteiger partial charge in [0.1, 0.15) is 5.54 Å². The number of amides is 1. The minimum Gasteiger partial charge on any atom is -0.355 e. The Morgan fingerprint density at radius 3 is 2.56 bits per heavy atom. The first kappa shape index (κ1) is 17.3. The quantitative estimate of drug-likeness (QED) is 0.596. The third-order valence-corrected chi connectivity index (χ3v) is 3.52. The molecule has 0 fully saturated rings. The molecule has 0 spiro atoms. The SMILES string of the molecule is CCCNC(=O)CSCCC(C)(C#N)NCCC. The van der Waals surface area contributed by atoms with Crippen LogP contribution in [0.3, 0.4) is 0 Å². The standard InChI is InChI=1S/C13H25N3OS/c1-4-7-15-12(17)10-18-9-6-13(3,11-14)16-8-5-2/h16H,4-10H2,1-3H3,(H,15,17). The molecule has 2 N–H and O–H groups in total. The van der Waals surface area contributed by atoms with Gasteiger partial charge in [-0.1, -0.05) is 13.8 Å². The van der Waals surface area contributed by atoms with Gasteiger partial charge in [-0.15, -0.1) is 0 Å². The van der Waals surface area contributed by atoms with Crippen molar-refractivity contribution >= 4 is 17.7 Å². The summed E-state index contributed by atoms with van der Waals surface area (Å²) in [5, 5.41) is 15.2. The van der Waals surface area contributed by atoms with E-state index in [2.05, 4.69) is 23.6 Å². The fourth-order valence-electron chi connectivity index (χ4n) is 1.34. The van der Waals surface area contributed by atoms with Crippen LogP contribution in [0.25, 0.3) is 0 Å². The second kappa shape index (κ2) is 10.2. The van der Waals surface area contributed by atoms with Crippen molar-refractivity contribution in [1.82, 2.24) is 10.6 Å². The Morgan fingerprint density at radius 2 is 2.00 bits per heavy atom. The lowest BCUT2D eigenvalue weighted by atomic mass is 10.0. The number of nitriles is 1. The molecule has 0 rings (SSSR count). The second-order valence-corrected chi connectivity index (χ2v) is 5.63. The summed E-state index contributed by atoms with van der Waals surface area (Å²) in [6, 6.07) is 2.31. The highest BCUT2D eigenvalue weighted by Gasteiger charge is 2.21. The molecule has 5 heteroatoms. The minimum atomic E-state index is -0.469. The zero-order valence-corrected chi connectivity index (χ0v) is 12.5. The number of rotatable bonds is 10. The van der Waals surface area contributed by atoms with Gasteiger partial charge in [0.05, 0.1) is 11.8 Å². The molecule has 0 saturated heterocycles. The van der Waals surface area contributed by atoms with Gasteiger partial charge in [-0.2, -0.15) is 17.0 Å². The smallest absolute Gasteiger partial charge is 0.229 e. The Hall–Kier alpha value is -0.730. The van der Waals surface area contributed by atoms with E-state index < -0.39 is 5.54 Å². The predicted molar refractivity (Wildman–Crippen MR) is 77.6 cm³/mol. The van der Waals surface area contributed by atoms with Crippen molar-refractivity contribution in [1.29, 1.82) is 5.26 Å². The lowest BCUT2D eigenvalue weighted by molar-refractivity contribution is -0.118. The second-order valence-electron chi connectivity index (χ2n) is 4.52. The van der Waals surface area contributed by atoms with E-state index in [1.165, 1.54) is 0 Å². The number of hydrogen-bond donors (Lipinski definition) is 2. The summed E-state index contributed by atoms with van der Waals surface area (Å²) in [6.45, 7) is 7.63. The summed E-state index contributed by atoms with van der Waals surface area (Å²) in [4.78, 5) is 11.4. The highest BCUT2D eigenvalue weighted by Crippen LogP contribution is 2.13. The summed E-state index contributed by atoms with van der Waals surface area (Å²) in [6.07, 6.45) is 2.74. The minimum absolute atomic E-state index is 0.0852. The zero-order chi connectivity index (χ0) is 13.9. The summed E-state index contributed by atoms with van der Waals surface area (Å²) in [5.74, 6) is 1.39. The van der Waals surface area contributed by atoms with Crippen molar-refractivity contribution < 1.29 is 4.79 Å². The lowest BCUT2D eigenvalue weighted by Gasteiger charge is -2.22. The molecule has 0 saturated carbocycles. The van der Waals surface area contributed by atoms with Crippen LogP contribution in [0, 0.1) is 11.3 Å². The molecule has 104 valence electrons. The number of nitrogens with zero attached hydrogens (tertiary/aromatic N) is 1. The van der Waals surface area contributed by atoms with Crippen LogP contribution in [0.2, 0.25) is 0 Å². The molecule has 18 heavy (non-hydrogen) atoms. The number of thioether (sulfide) groups is 1.